The van der Waals surface area contributed by atoms with Crippen molar-refractivity contribution in [3.05, 3.63) is 66.2 Å². The van der Waals surface area contributed by atoms with Crippen molar-refractivity contribution in [3.63, 3.8) is 0 Å². The van der Waals surface area contributed by atoms with Gasteiger partial charge in [-0.25, -0.2) is 0 Å². The average Bonchev–Trinajstić information content (AvgIpc) is 2.40. The highest BCUT2D eigenvalue weighted by atomic mass is 32.2. The number of hydrogen-bond donors (Lipinski definition) is 1. The first-order chi connectivity index (χ1) is 9.39. The minimum absolute atomic E-state index is 0.0741. The molecule has 2 aromatic carbocycles. The molecule has 108 valence electrons. The minimum atomic E-state index is -4.00. The summed E-state index contributed by atoms with van der Waals surface area (Å²) in [4.78, 5) is 2.09. The van der Waals surface area contributed by atoms with E-state index in [0.29, 0.717) is 0 Å². The molecule has 5 heteroatoms. The molecule has 0 saturated heterocycles. The SMILES string of the molecule is CN(C)Cc1ccccc1.O=S(=O)(O)c1ccccc1. The average molecular weight is 293 g/mol. The van der Waals surface area contributed by atoms with Crippen molar-refractivity contribution in [2.45, 2.75) is 11.4 Å². The van der Waals surface area contributed by atoms with Crippen LogP contribution in [0.3, 0.4) is 0 Å². The Morgan fingerprint density at radius 3 is 1.70 bits per heavy atom. The number of hydrogen-bond acceptors (Lipinski definition) is 3. The van der Waals surface area contributed by atoms with Crippen molar-refractivity contribution in [1.29, 1.82) is 0 Å². The molecule has 0 amide bonds. The lowest BCUT2D eigenvalue weighted by atomic mass is 10.2. The van der Waals surface area contributed by atoms with Crippen molar-refractivity contribution < 1.29 is 13.0 Å². The van der Waals surface area contributed by atoms with E-state index < -0.39 is 10.1 Å². The highest BCUT2D eigenvalue weighted by molar-refractivity contribution is 7.85. The van der Waals surface area contributed by atoms with Gasteiger partial charge in [-0.2, -0.15) is 8.42 Å². The highest BCUT2D eigenvalue weighted by Crippen LogP contribution is 2.05. The zero-order chi connectivity index (χ0) is 15.0. The Kier molecular flexibility index (Phi) is 6.38. The first-order valence-electron chi connectivity index (χ1n) is 6.11. The largest absolute Gasteiger partial charge is 0.305 e. The first-order valence-corrected chi connectivity index (χ1v) is 7.55. The molecule has 0 fully saturated rings. The lowest BCUT2D eigenvalue weighted by Crippen LogP contribution is -2.10. The molecular formula is C15H19NO3S. The molecule has 1 N–H and O–H groups in total. The van der Waals surface area contributed by atoms with Crippen LogP contribution < -0.4 is 0 Å². The summed E-state index contributed by atoms with van der Waals surface area (Å²) in [6.45, 7) is 1.03. The monoisotopic (exact) mass is 293 g/mol. The molecule has 2 aromatic rings. The Bertz CT molecular complexity index is 596. The summed E-state index contributed by atoms with van der Waals surface area (Å²) >= 11 is 0. The van der Waals surface area contributed by atoms with E-state index in [4.69, 9.17) is 4.55 Å². The van der Waals surface area contributed by atoms with Gasteiger partial charge >= 0.3 is 0 Å². The van der Waals surface area contributed by atoms with Gasteiger partial charge in [-0.05, 0) is 31.8 Å². The third kappa shape index (κ3) is 6.47. The lowest BCUT2D eigenvalue weighted by molar-refractivity contribution is 0.402. The molecule has 20 heavy (non-hydrogen) atoms. The van der Waals surface area contributed by atoms with Crippen molar-refractivity contribution in [2.24, 2.45) is 0 Å². The summed E-state index contributed by atoms with van der Waals surface area (Å²) in [7, 11) is 0.150. The number of rotatable bonds is 3. The second-order valence-electron chi connectivity index (χ2n) is 4.51. The lowest BCUT2D eigenvalue weighted by Gasteiger charge is -2.08. The molecule has 0 heterocycles. The molecule has 0 bridgehead atoms. The summed E-state index contributed by atoms with van der Waals surface area (Å²) in [5, 5.41) is 0. The van der Waals surface area contributed by atoms with Gasteiger partial charge in [0, 0.05) is 6.54 Å². The van der Waals surface area contributed by atoms with E-state index in [1.54, 1.807) is 18.2 Å². The Balaban J connectivity index is 0.000000200. The molecular weight excluding hydrogens is 274 g/mol. The van der Waals surface area contributed by atoms with Gasteiger partial charge < -0.3 is 4.90 Å². The van der Waals surface area contributed by atoms with E-state index in [2.05, 4.69) is 43.3 Å². The van der Waals surface area contributed by atoms with E-state index >= 15 is 0 Å². The smallest absolute Gasteiger partial charge is 0.294 e. The molecule has 0 aliphatic carbocycles. The van der Waals surface area contributed by atoms with Gasteiger partial charge in [0.1, 0.15) is 0 Å². The van der Waals surface area contributed by atoms with E-state index in [0.717, 1.165) is 6.54 Å². The number of nitrogens with zero attached hydrogens (tertiary/aromatic N) is 1. The van der Waals surface area contributed by atoms with Crippen LogP contribution in [0.1, 0.15) is 5.56 Å². The van der Waals surface area contributed by atoms with Crippen LogP contribution in [0.5, 0.6) is 0 Å². The third-order valence-corrected chi connectivity index (χ3v) is 3.25. The molecule has 0 saturated carbocycles. The maximum atomic E-state index is 10.4. The van der Waals surface area contributed by atoms with Crippen molar-refractivity contribution in [1.82, 2.24) is 4.90 Å². The van der Waals surface area contributed by atoms with Gasteiger partial charge in [-0.1, -0.05) is 48.5 Å². The number of benzene rings is 2. The molecule has 0 aromatic heterocycles. The van der Waals surface area contributed by atoms with Gasteiger partial charge in [-0.3, -0.25) is 4.55 Å². The summed E-state index contributed by atoms with van der Waals surface area (Å²) < 4.78 is 29.2. The molecule has 0 spiro atoms. The van der Waals surface area contributed by atoms with Gasteiger partial charge in [0.25, 0.3) is 10.1 Å². The van der Waals surface area contributed by atoms with E-state index in [9.17, 15) is 8.42 Å². The molecule has 0 radical (unpaired) electrons. The van der Waals surface area contributed by atoms with Gasteiger partial charge in [0.2, 0.25) is 0 Å². The standard InChI is InChI=1S/C9H13N.C6H6O3S/c1-10(2)8-9-6-4-3-5-7-9;7-10(8,9)6-4-2-1-3-5-6/h3-7H,8H2,1-2H3;1-5H,(H,7,8,9). The summed E-state index contributed by atoms with van der Waals surface area (Å²) in [5.74, 6) is 0. The summed E-state index contributed by atoms with van der Waals surface area (Å²) in [6, 6.07) is 17.9. The molecule has 0 aliphatic heterocycles. The fourth-order valence-electron chi connectivity index (χ4n) is 1.54. The van der Waals surface area contributed by atoms with Crippen molar-refractivity contribution in [3.8, 4) is 0 Å². The Labute approximate surface area is 120 Å². The van der Waals surface area contributed by atoms with Gasteiger partial charge in [0.15, 0.2) is 0 Å². The minimum Gasteiger partial charge on any atom is -0.305 e. The summed E-state index contributed by atoms with van der Waals surface area (Å²) in [6.07, 6.45) is 0. The normalized spacial score (nSPS) is 10.8. The predicted molar refractivity (Wildman–Crippen MR) is 80.1 cm³/mol. The van der Waals surface area contributed by atoms with Crippen LogP contribution in [-0.4, -0.2) is 32.0 Å². The Hall–Kier alpha value is -1.69. The fourth-order valence-corrected chi connectivity index (χ4v) is 2.04. The molecule has 4 nitrogen and oxygen atoms in total. The predicted octanol–water partition coefficient (Wildman–Crippen LogP) is 2.68. The van der Waals surface area contributed by atoms with Crippen molar-refractivity contribution >= 4 is 10.1 Å². The summed E-state index contributed by atoms with van der Waals surface area (Å²) in [5.41, 5.74) is 1.37. The van der Waals surface area contributed by atoms with Crippen LogP contribution in [0.2, 0.25) is 0 Å². The zero-order valence-corrected chi connectivity index (χ0v) is 12.4. The van der Waals surface area contributed by atoms with Crippen LogP contribution in [0.4, 0.5) is 0 Å². The molecule has 0 aliphatic rings. The van der Waals surface area contributed by atoms with Crippen LogP contribution in [0, 0.1) is 0 Å². The Morgan fingerprint density at radius 2 is 1.35 bits per heavy atom. The Morgan fingerprint density at radius 1 is 0.900 bits per heavy atom. The quantitative estimate of drug-likeness (QED) is 0.884. The van der Waals surface area contributed by atoms with E-state index in [1.807, 2.05) is 6.07 Å². The van der Waals surface area contributed by atoms with Crippen LogP contribution in [0.25, 0.3) is 0 Å². The highest BCUT2D eigenvalue weighted by Gasteiger charge is 2.05. The maximum absolute atomic E-state index is 10.4. The van der Waals surface area contributed by atoms with Crippen LogP contribution >= 0.6 is 0 Å². The molecule has 2 rings (SSSR count). The maximum Gasteiger partial charge on any atom is 0.294 e. The van der Waals surface area contributed by atoms with E-state index in [1.165, 1.54) is 17.7 Å². The van der Waals surface area contributed by atoms with Gasteiger partial charge in [-0.15, -0.1) is 0 Å². The van der Waals surface area contributed by atoms with E-state index in [-0.39, 0.29) is 4.90 Å². The second-order valence-corrected chi connectivity index (χ2v) is 5.93. The van der Waals surface area contributed by atoms with Crippen LogP contribution in [0.15, 0.2) is 65.6 Å². The molecule has 0 atom stereocenters. The second kappa shape index (κ2) is 7.79. The van der Waals surface area contributed by atoms with Gasteiger partial charge in [0.05, 0.1) is 4.90 Å². The zero-order valence-electron chi connectivity index (χ0n) is 11.6. The first kappa shape index (κ1) is 16.4. The third-order valence-electron chi connectivity index (χ3n) is 2.38. The topological polar surface area (TPSA) is 57.6 Å². The fraction of sp³-hybridized carbons (Fsp3) is 0.200. The van der Waals surface area contributed by atoms with Crippen molar-refractivity contribution in [2.75, 3.05) is 14.1 Å². The molecule has 0 unspecified atom stereocenters. The van der Waals surface area contributed by atoms with Crippen LogP contribution in [-0.2, 0) is 16.7 Å².